The number of hydrogen-bond donors (Lipinski definition) is 0. The molecule has 0 saturated carbocycles. The molecule has 0 radical (unpaired) electrons. The van der Waals surface area contributed by atoms with Crippen LogP contribution >= 0.6 is 11.3 Å². The van der Waals surface area contributed by atoms with Crippen molar-refractivity contribution in [2.45, 2.75) is 13.0 Å². The molecule has 1 aromatic carbocycles. The second-order valence-electron chi connectivity index (χ2n) is 5.40. The maximum absolute atomic E-state index is 12.4. The second kappa shape index (κ2) is 5.13. The molecule has 0 unspecified atom stereocenters. The van der Waals surface area contributed by atoms with Crippen LogP contribution in [0.4, 0.5) is 0 Å². The number of furan rings is 1. The molecule has 1 aliphatic heterocycles. The van der Waals surface area contributed by atoms with Crippen LogP contribution in [-0.2, 0) is 13.0 Å². The molecule has 0 N–H and O–H groups in total. The molecule has 1 aliphatic rings. The monoisotopic (exact) mass is 297 g/mol. The lowest BCUT2D eigenvalue weighted by Crippen LogP contribution is -2.34. The van der Waals surface area contributed by atoms with Gasteiger partial charge < -0.3 is 4.42 Å². The number of Topliss-reactive ketones (excluding diaryl/α,β-unsaturated/α-hetero) is 1. The number of carbonyl (C=O) groups is 1. The van der Waals surface area contributed by atoms with Crippen molar-refractivity contribution in [3.63, 3.8) is 0 Å². The Balaban J connectivity index is 1.51. The van der Waals surface area contributed by atoms with Crippen molar-refractivity contribution in [3.05, 3.63) is 58.0 Å². The van der Waals surface area contributed by atoms with Gasteiger partial charge in [0.05, 0.1) is 6.54 Å². The Morgan fingerprint density at radius 3 is 3.10 bits per heavy atom. The van der Waals surface area contributed by atoms with Crippen molar-refractivity contribution in [2.24, 2.45) is 0 Å². The molecule has 21 heavy (non-hydrogen) atoms. The summed E-state index contributed by atoms with van der Waals surface area (Å²) < 4.78 is 5.65. The van der Waals surface area contributed by atoms with E-state index in [9.17, 15) is 4.79 Å². The van der Waals surface area contributed by atoms with Gasteiger partial charge >= 0.3 is 0 Å². The maximum atomic E-state index is 12.4. The van der Waals surface area contributed by atoms with Crippen LogP contribution in [0.1, 0.15) is 21.0 Å². The molecule has 106 valence electrons. The zero-order chi connectivity index (χ0) is 14.2. The summed E-state index contributed by atoms with van der Waals surface area (Å²) in [5, 5.41) is 3.12. The van der Waals surface area contributed by atoms with Crippen LogP contribution in [0.15, 0.2) is 46.2 Å². The molecule has 3 aromatic rings. The van der Waals surface area contributed by atoms with Crippen molar-refractivity contribution in [3.8, 4) is 0 Å². The molecule has 0 amide bonds. The molecule has 4 heteroatoms. The topological polar surface area (TPSA) is 33.5 Å². The van der Waals surface area contributed by atoms with Crippen LogP contribution in [0, 0.1) is 0 Å². The predicted molar refractivity (Wildman–Crippen MR) is 83.8 cm³/mol. The fourth-order valence-electron chi connectivity index (χ4n) is 2.84. The van der Waals surface area contributed by atoms with Crippen molar-refractivity contribution in [2.75, 3.05) is 13.1 Å². The Hall–Kier alpha value is -1.91. The predicted octanol–water partition coefficient (Wildman–Crippen LogP) is 3.74. The van der Waals surface area contributed by atoms with Crippen LogP contribution in [-0.4, -0.2) is 23.8 Å². The van der Waals surface area contributed by atoms with Gasteiger partial charge in [-0.15, -0.1) is 11.3 Å². The fraction of sp³-hybridized carbons (Fsp3) is 0.235. The minimum atomic E-state index is 0.0601. The summed E-state index contributed by atoms with van der Waals surface area (Å²) >= 11 is 1.82. The Morgan fingerprint density at radius 2 is 2.19 bits per heavy atom. The lowest BCUT2D eigenvalue weighted by molar-refractivity contribution is 0.0897. The molecule has 0 atom stereocenters. The number of ketones is 1. The number of benzene rings is 1. The van der Waals surface area contributed by atoms with Gasteiger partial charge in [0.25, 0.3) is 0 Å². The van der Waals surface area contributed by atoms with Crippen LogP contribution in [0.2, 0.25) is 0 Å². The van der Waals surface area contributed by atoms with Gasteiger partial charge in [-0.3, -0.25) is 9.69 Å². The van der Waals surface area contributed by atoms with Crippen molar-refractivity contribution >= 4 is 28.1 Å². The van der Waals surface area contributed by atoms with E-state index in [1.807, 2.05) is 41.7 Å². The lowest BCUT2D eigenvalue weighted by Gasteiger charge is -2.25. The first kappa shape index (κ1) is 12.8. The largest absolute Gasteiger partial charge is 0.453 e. The highest BCUT2D eigenvalue weighted by atomic mass is 32.1. The molecular weight excluding hydrogens is 282 g/mol. The van der Waals surface area contributed by atoms with E-state index < -0.39 is 0 Å². The summed E-state index contributed by atoms with van der Waals surface area (Å²) in [7, 11) is 0. The molecule has 0 bridgehead atoms. The highest BCUT2D eigenvalue weighted by molar-refractivity contribution is 7.10. The van der Waals surface area contributed by atoms with Gasteiger partial charge in [0.15, 0.2) is 5.76 Å². The third-order valence-electron chi connectivity index (χ3n) is 3.95. The summed E-state index contributed by atoms with van der Waals surface area (Å²) in [6, 6.07) is 11.7. The second-order valence-corrected chi connectivity index (χ2v) is 6.40. The number of hydrogen-bond acceptors (Lipinski definition) is 4. The Bertz CT molecular complexity index is 769. The van der Waals surface area contributed by atoms with E-state index in [1.54, 1.807) is 0 Å². The Labute approximate surface area is 126 Å². The first-order valence-electron chi connectivity index (χ1n) is 7.09. The Kier molecular flexibility index (Phi) is 3.13. The molecule has 0 fully saturated rings. The van der Waals surface area contributed by atoms with Gasteiger partial charge in [-0.05, 0) is 35.6 Å². The molecule has 0 spiro atoms. The lowest BCUT2D eigenvalue weighted by atomic mass is 10.1. The van der Waals surface area contributed by atoms with E-state index in [-0.39, 0.29) is 5.78 Å². The average Bonchev–Trinajstić information content (AvgIpc) is 3.13. The summed E-state index contributed by atoms with van der Waals surface area (Å²) in [4.78, 5) is 16.1. The minimum absolute atomic E-state index is 0.0601. The molecule has 2 aromatic heterocycles. The molecule has 0 saturated heterocycles. The standard InChI is InChI=1S/C17H15NO2S/c19-14(16-9-12-3-1-2-4-15(12)20-16)11-18-7-5-17-13(10-18)6-8-21-17/h1-4,6,8-9H,5,7,10-11H2. The molecule has 3 heterocycles. The van der Waals surface area contributed by atoms with Gasteiger partial charge in [0.1, 0.15) is 5.58 Å². The van der Waals surface area contributed by atoms with Crippen LogP contribution in [0.3, 0.4) is 0 Å². The van der Waals surface area contributed by atoms with Gasteiger partial charge in [0, 0.05) is 23.4 Å². The summed E-state index contributed by atoms with van der Waals surface area (Å²) in [6.45, 7) is 2.24. The van der Waals surface area contributed by atoms with E-state index in [0.29, 0.717) is 12.3 Å². The van der Waals surface area contributed by atoms with E-state index >= 15 is 0 Å². The number of thiophene rings is 1. The summed E-state index contributed by atoms with van der Waals surface area (Å²) in [5.41, 5.74) is 2.14. The number of nitrogens with zero attached hydrogens (tertiary/aromatic N) is 1. The first-order chi connectivity index (χ1) is 10.3. The molecule has 3 nitrogen and oxygen atoms in total. The number of para-hydroxylation sites is 1. The van der Waals surface area contributed by atoms with Crippen LogP contribution in [0.5, 0.6) is 0 Å². The number of carbonyl (C=O) groups excluding carboxylic acids is 1. The van der Waals surface area contributed by atoms with Crippen LogP contribution in [0.25, 0.3) is 11.0 Å². The number of fused-ring (bicyclic) bond motifs is 2. The normalized spacial score (nSPS) is 15.2. The average molecular weight is 297 g/mol. The van der Waals surface area contributed by atoms with Gasteiger partial charge in [-0.1, -0.05) is 18.2 Å². The maximum Gasteiger partial charge on any atom is 0.211 e. The van der Waals surface area contributed by atoms with Gasteiger partial charge in [-0.2, -0.15) is 0 Å². The zero-order valence-electron chi connectivity index (χ0n) is 11.5. The van der Waals surface area contributed by atoms with Crippen LogP contribution < -0.4 is 0 Å². The SMILES string of the molecule is O=C(CN1CCc2sccc2C1)c1cc2ccccc2o1. The van der Waals surface area contributed by atoms with Gasteiger partial charge in [0.2, 0.25) is 5.78 Å². The van der Waals surface area contributed by atoms with E-state index in [1.165, 1.54) is 10.4 Å². The molecule has 4 rings (SSSR count). The Morgan fingerprint density at radius 1 is 1.29 bits per heavy atom. The smallest absolute Gasteiger partial charge is 0.211 e. The van der Waals surface area contributed by atoms with E-state index in [2.05, 4.69) is 16.3 Å². The summed E-state index contributed by atoms with van der Waals surface area (Å²) in [6.07, 6.45) is 1.04. The van der Waals surface area contributed by atoms with E-state index in [4.69, 9.17) is 4.42 Å². The third kappa shape index (κ3) is 2.41. The van der Waals surface area contributed by atoms with E-state index in [0.717, 1.165) is 30.5 Å². The van der Waals surface area contributed by atoms with Crippen molar-refractivity contribution < 1.29 is 9.21 Å². The van der Waals surface area contributed by atoms with Crippen molar-refractivity contribution in [1.29, 1.82) is 0 Å². The third-order valence-corrected chi connectivity index (χ3v) is 4.98. The highest BCUT2D eigenvalue weighted by Gasteiger charge is 2.21. The summed E-state index contributed by atoms with van der Waals surface area (Å²) in [5.74, 6) is 0.525. The fourth-order valence-corrected chi connectivity index (χ4v) is 3.73. The molecular formula is C17H15NO2S. The quantitative estimate of drug-likeness (QED) is 0.691. The zero-order valence-corrected chi connectivity index (χ0v) is 12.4. The van der Waals surface area contributed by atoms with Gasteiger partial charge in [-0.25, -0.2) is 0 Å². The highest BCUT2D eigenvalue weighted by Crippen LogP contribution is 2.25. The molecule has 0 aliphatic carbocycles. The first-order valence-corrected chi connectivity index (χ1v) is 7.97. The van der Waals surface area contributed by atoms with Crippen molar-refractivity contribution in [1.82, 2.24) is 4.90 Å². The number of rotatable bonds is 3. The minimum Gasteiger partial charge on any atom is -0.453 e.